The molecule has 2 aromatic rings. The van der Waals surface area contributed by atoms with Gasteiger partial charge in [-0.05, 0) is 30.5 Å². The normalized spacial score (nSPS) is 12.4. The highest BCUT2D eigenvalue weighted by Gasteiger charge is 2.08. The van der Waals surface area contributed by atoms with Crippen molar-refractivity contribution in [2.75, 3.05) is 0 Å². The number of nitrogens with zero attached hydrogens (tertiary/aromatic N) is 1. The zero-order chi connectivity index (χ0) is 13.0. The molecule has 2 nitrogen and oxygen atoms in total. The monoisotopic (exact) mass is 240 g/mol. The summed E-state index contributed by atoms with van der Waals surface area (Å²) in [5.41, 5.74) is 11.0. The van der Waals surface area contributed by atoms with E-state index in [4.69, 9.17) is 5.73 Å². The van der Waals surface area contributed by atoms with Crippen LogP contribution in [-0.2, 0) is 12.8 Å². The van der Waals surface area contributed by atoms with Crippen LogP contribution in [-0.4, -0.2) is 4.98 Å². The SMILES string of the molecule is CCc1ccc(CC(N)c2cccc(C)c2)nc1. The fraction of sp³-hybridized carbons (Fsp3) is 0.312. The van der Waals surface area contributed by atoms with Gasteiger partial charge in [-0.2, -0.15) is 0 Å². The predicted molar refractivity (Wildman–Crippen MR) is 75.4 cm³/mol. The largest absolute Gasteiger partial charge is 0.324 e. The Hall–Kier alpha value is -1.67. The van der Waals surface area contributed by atoms with Gasteiger partial charge < -0.3 is 5.73 Å². The van der Waals surface area contributed by atoms with Crippen molar-refractivity contribution in [1.82, 2.24) is 4.98 Å². The average molecular weight is 240 g/mol. The van der Waals surface area contributed by atoms with Crippen LogP contribution in [0.1, 0.15) is 35.3 Å². The van der Waals surface area contributed by atoms with Gasteiger partial charge in [-0.25, -0.2) is 0 Å². The molecule has 1 heterocycles. The standard InChI is InChI=1S/C16H20N2/c1-3-13-7-8-15(18-11-13)10-16(17)14-6-4-5-12(2)9-14/h4-9,11,16H,3,10,17H2,1-2H3. The lowest BCUT2D eigenvalue weighted by Crippen LogP contribution is -2.14. The smallest absolute Gasteiger partial charge is 0.0422 e. The first-order valence-electron chi connectivity index (χ1n) is 6.45. The summed E-state index contributed by atoms with van der Waals surface area (Å²) in [5.74, 6) is 0. The first kappa shape index (κ1) is 12.8. The second kappa shape index (κ2) is 5.78. The van der Waals surface area contributed by atoms with Crippen molar-refractivity contribution >= 4 is 0 Å². The Morgan fingerprint density at radius 1 is 1.22 bits per heavy atom. The van der Waals surface area contributed by atoms with Crippen molar-refractivity contribution in [2.45, 2.75) is 32.7 Å². The Morgan fingerprint density at radius 2 is 2.06 bits per heavy atom. The number of benzene rings is 1. The van der Waals surface area contributed by atoms with E-state index >= 15 is 0 Å². The van der Waals surface area contributed by atoms with Crippen molar-refractivity contribution in [3.63, 3.8) is 0 Å². The van der Waals surface area contributed by atoms with Gasteiger partial charge in [-0.15, -0.1) is 0 Å². The van der Waals surface area contributed by atoms with Gasteiger partial charge in [-0.1, -0.05) is 42.8 Å². The van der Waals surface area contributed by atoms with Crippen LogP contribution < -0.4 is 5.73 Å². The molecule has 2 rings (SSSR count). The van der Waals surface area contributed by atoms with Gasteiger partial charge in [0.2, 0.25) is 0 Å². The third-order valence-corrected chi connectivity index (χ3v) is 3.19. The van der Waals surface area contributed by atoms with Gasteiger partial charge in [0.05, 0.1) is 0 Å². The molecule has 0 amide bonds. The third-order valence-electron chi connectivity index (χ3n) is 3.19. The lowest BCUT2D eigenvalue weighted by Gasteiger charge is -2.12. The van der Waals surface area contributed by atoms with E-state index in [-0.39, 0.29) is 6.04 Å². The molecule has 0 fully saturated rings. The number of aryl methyl sites for hydroxylation is 2. The summed E-state index contributed by atoms with van der Waals surface area (Å²) in [6.07, 6.45) is 3.75. The fourth-order valence-electron chi connectivity index (χ4n) is 2.03. The fourth-order valence-corrected chi connectivity index (χ4v) is 2.03. The maximum atomic E-state index is 6.23. The average Bonchev–Trinajstić information content (AvgIpc) is 2.39. The van der Waals surface area contributed by atoms with Gasteiger partial charge >= 0.3 is 0 Å². The number of pyridine rings is 1. The van der Waals surface area contributed by atoms with Gasteiger partial charge in [0.15, 0.2) is 0 Å². The first-order valence-corrected chi connectivity index (χ1v) is 6.45. The van der Waals surface area contributed by atoms with Crippen LogP contribution >= 0.6 is 0 Å². The Balaban J connectivity index is 2.08. The second-order valence-corrected chi connectivity index (χ2v) is 4.74. The number of aromatic nitrogens is 1. The van der Waals surface area contributed by atoms with Gasteiger partial charge in [0.1, 0.15) is 0 Å². The zero-order valence-corrected chi connectivity index (χ0v) is 11.1. The molecular weight excluding hydrogens is 220 g/mol. The summed E-state index contributed by atoms with van der Waals surface area (Å²) in [6.45, 7) is 4.22. The van der Waals surface area contributed by atoms with Crippen molar-refractivity contribution in [2.24, 2.45) is 5.73 Å². The molecule has 2 N–H and O–H groups in total. The number of rotatable bonds is 4. The van der Waals surface area contributed by atoms with Crippen molar-refractivity contribution in [1.29, 1.82) is 0 Å². The quantitative estimate of drug-likeness (QED) is 0.891. The van der Waals surface area contributed by atoms with E-state index < -0.39 is 0 Å². The summed E-state index contributed by atoms with van der Waals surface area (Å²) < 4.78 is 0. The van der Waals surface area contributed by atoms with E-state index in [2.05, 4.69) is 55.2 Å². The minimum atomic E-state index is 0.0184. The molecule has 0 spiro atoms. The zero-order valence-electron chi connectivity index (χ0n) is 11.1. The van der Waals surface area contributed by atoms with Crippen LogP contribution in [0.15, 0.2) is 42.6 Å². The number of hydrogen-bond acceptors (Lipinski definition) is 2. The van der Waals surface area contributed by atoms with Gasteiger partial charge in [0.25, 0.3) is 0 Å². The molecule has 0 radical (unpaired) electrons. The highest BCUT2D eigenvalue weighted by Crippen LogP contribution is 2.16. The van der Waals surface area contributed by atoms with E-state index in [0.29, 0.717) is 0 Å². The van der Waals surface area contributed by atoms with Crippen molar-refractivity contribution < 1.29 is 0 Å². The molecule has 94 valence electrons. The molecule has 18 heavy (non-hydrogen) atoms. The molecule has 1 aromatic carbocycles. The van der Waals surface area contributed by atoms with Crippen LogP contribution in [0.3, 0.4) is 0 Å². The van der Waals surface area contributed by atoms with Crippen molar-refractivity contribution in [3.8, 4) is 0 Å². The highest BCUT2D eigenvalue weighted by molar-refractivity contribution is 5.26. The van der Waals surface area contributed by atoms with Crippen LogP contribution in [0.2, 0.25) is 0 Å². The molecule has 0 aliphatic carbocycles. The molecule has 0 saturated carbocycles. The van der Waals surface area contributed by atoms with Crippen LogP contribution in [0, 0.1) is 6.92 Å². The molecule has 2 heteroatoms. The van der Waals surface area contributed by atoms with E-state index in [9.17, 15) is 0 Å². The van der Waals surface area contributed by atoms with Gasteiger partial charge in [-0.3, -0.25) is 4.98 Å². The summed E-state index contributed by atoms with van der Waals surface area (Å²) in [7, 11) is 0. The van der Waals surface area contributed by atoms with E-state index in [1.807, 2.05) is 6.20 Å². The lowest BCUT2D eigenvalue weighted by molar-refractivity contribution is 0.705. The maximum absolute atomic E-state index is 6.23. The maximum Gasteiger partial charge on any atom is 0.0422 e. The summed E-state index contributed by atoms with van der Waals surface area (Å²) in [5, 5.41) is 0. The molecule has 1 unspecified atom stereocenters. The highest BCUT2D eigenvalue weighted by atomic mass is 14.7. The Kier molecular flexibility index (Phi) is 4.11. The van der Waals surface area contributed by atoms with E-state index in [0.717, 1.165) is 18.5 Å². The predicted octanol–water partition coefficient (Wildman–Crippen LogP) is 3.19. The lowest BCUT2D eigenvalue weighted by atomic mass is 10.0. The third kappa shape index (κ3) is 3.17. The Labute approximate surface area is 109 Å². The summed E-state index contributed by atoms with van der Waals surface area (Å²) in [6, 6.07) is 12.6. The second-order valence-electron chi connectivity index (χ2n) is 4.74. The minimum Gasteiger partial charge on any atom is -0.324 e. The minimum absolute atomic E-state index is 0.0184. The van der Waals surface area contributed by atoms with Crippen LogP contribution in [0.5, 0.6) is 0 Å². The molecule has 0 bridgehead atoms. The van der Waals surface area contributed by atoms with Crippen LogP contribution in [0.25, 0.3) is 0 Å². The molecule has 0 aliphatic rings. The molecule has 1 atom stereocenters. The van der Waals surface area contributed by atoms with E-state index in [1.54, 1.807) is 0 Å². The Bertz CT molecular complexity index is 503. The summed E-state index contributed by atoms with van der Waals surface area (Å²) in [4.78, 5) is 4.46. The molecule has 0 saturated heterocycles. The first-order chi connectivity index (χ1) is 8.69. The Morgan fingerprint density at radius 3 is 2.67 bits per heavy atom. The molecule has 1 aromatic heterocycles. The van der Waals surface area contributed by atoms with Crippen molar-refractivity contribution in [3.05, 3.63) is 65.0 Å². The molecule has 0 aliphatic heterocycles. The van der Waals surface area contributed by atoms with Gasteiger partial charge in [0, 0.05) is 24.4 Å². The number of hydrogen-bond donors (Lipinski definition) is 1. The molecular formula is C16H20N2. The van der Waals surface area contributed by atoms with E-state index in [1.165, 1.54) is 16.7 Å². The summed E-state index contributed by atoms with van der Waals surface area (Å²) >= 11 is 0. The number of nitrogens with two attached hydrogens (primary N) is 1. The topological polar surface area (TPSA) is 38.9 Å². The van der Waals surface area contributed by atoms with Crippen LogP contribution in [0.4, 0.5) is 0 Å².